The number of benzene rings is 1. The van der Waals surface area contributed by atoms with Gasteiger partial charge in [-0.3, -0.25) is 9.59 Å². The van der Waals surface area contributed by atoms with E-state index in [1.54, 1.807) is 37.2 Å². The predicted octanol–water partition coefficient (Wildman–Crippen LogP) is 0.632. The third kappa shape index (κ3) is 1.48. The fraction of sp³-hybridized carbons (Fsp3) is 0.273. The Morgan fingerprint density at radius 1 is 1.47 bits per heavy atom. The Morgan fingerprint density at radius 2 is 2.20 bits per heavy atom. The largest absolute Gasteiger partial charge is 0.355 e. The zero-order chi connectivity index (χ0) is 11.0. The van der Waals surface area contributed by atoms with E-state index in [1.807, 2.05) is 0 Å². The Hall–Kier alpha value is -1.84. The summed E-state index contributed by atoms with van der Waals surface area (Å²) >= 11 is 0. The topological polar surface area (TPSA) is 49.4 Å². The maximum absolute atomic E-state index is 11.6. The molecule has 1 aromatic rings. The van der Waals surface area contributed by atoms with E-state index in [-0.39, 0.29) is 11.8 Å². The summed E-state index contributed by atoms with van der Waals surface area (Å²) in [6.07, 6.45) is 0. The van der Waals surface area contributed by atoms with Gasteiger partial charge in [-0.25, -0.2) is 0 Å². The van der Waals surface area contributed by atoms with Crippen molar-refractivity contribution < 1.29 is 9.59 Å². The molecule has 0 atom stereocenters. The molecule has 78 valence electrons. The van der Waals surface area contributed by atoms with E-state index in [0.717, 1.165) is 5.56 Å². The fourth-order valence-corrected chi connectivity index (χ4v) is 1.75. The Bertz CT molecular complexity index is 440. The molecule has 0 radical (unpaired) electrons. The molecule has 4 nitrogen and oxygen atoms in total. The minimum atomic E-state index is -0.125. The standard InChI is InChI=1S/C11H12N2O2/c1-12-10(14)7-3-4-9-8(5-7)6-13(2)11(9)15/h3-5H,6H2,1-2H3,(H,12,14). The van der Waals surface area contributed by atoms with Gasteiger partial charge in [0.2, 0.25) is 0 Å². The minimum absolute atomic E-state index is 0.0217. The highest BCUT2D eigenvalue weighted by molar-refractivity contribution is 6.00. The van der Waals surface area contributed by atoms with E-state index in [1.165, 1.54) is 0 Å². The van der Waals surface area contributed by atoms with Crippen molar-refractivity contribution in [3.63, 3.8) is 0 Å². The summed E-state index contributed by atoms with van der Waals surface area (Å²) in [5.74, 6) is -0.103. The van der Waals surface area contributed by atoms with Gasteiger partial charge >= 0.3 is 0 Å². The monoisotopic (exact) mass is 204 g/mol. The number of rotatable bonds is 1. The smallest absolute Gasteiger partial charge is 0.254 e. The second-order valence-electron chi connectivity index (χ2n) is 3.61. The molecule has 1 aromatic carbocycles. The molecule has 1 aliphatic heterocycles. The summed E-state index contributed by atoms with van der Waals surface area (Å²) in [5, 5.41) is 2.56. The van der Waals surface area contributed by atoms with Crippen LogP contribution in [0.2, 0.25) is 0 Å². The van der Waals surface area contributed by atoms with Crippen LogP contribution < -0.4 is 5.32 Å². The molecule has 0 saturated carbocycles. The van der Waals surface area contributed by atoms with Crippen molar-refractivity contribution in [2.75, 3.05) is 14.1 Å². The lowest BCUT2D eigenvalue weighted by molar-refractivity contribution is 0.0816. The number of hydrogen-bond acceptors (Lipinski definition) is 2. The molecular formula is C11H12N2O2. The van der Waals surface area contributed by atoms with E-state index < -0.39 is 0 Å². The summed E-state index contributed by atoms with van der Waals surface area (Å²) in [7, 11) is 3.34. The molecule has 15 heavy (non-hydrogen) atoms. The predicted molar refractivity (Wildman–Crippen MR) is 55.6 cm³/mol. The normalized spacial score (nSPS) is 14.0. The summed E-state index contributed by atoms with van der Waals surface area (Å²) in [6.45, 7) is 0.582. The van der Waals surface area contributed by atoms with Gasteiger partial charge in [-0.1, -0.05) is 0 Å². The average Bonchev–Trinajstić information content (AvgIpc) is 2.53. The first-order chi connectivity index (χ1) is 7.13. The molecule has 0 aliphatic carbocycles. The molecule has 4 heteroatoms. The van der Waals surface area contributed by atoms with Crippen LogP contribution >= 0.6 is 0 Å². The van der Waals surface area contributed by atoms with Gasteiger partial charge in [-0.15, -0.1) is 0 Å². The second kappa shape index (κ2) is 3.38. The van der Waals surface area contributed by atoms with Gasteiger partial charge in [-0.2, -0.15) is 0 Å². The first kappa shape index (κ1) is 9.71. The van der Waals surface area contributed by atoms with Crippen molar-refractivity contribution in [1.29, 1.82) is 0 Å². The van der Waals surface area contributed by atoms with Crippen LogP contribution in [-0.4, -0.2) is 30.8 Å². The lowest BCUT2D eigenvalue weighted by Crippen LogP contribution is -2.17. The minimum Gasteiger partial charge on any atom is -0.355 e. The number of fused-ring (bicyclic) bond motifs is 1. The van der Waals surface area contributed by atoms with Crippen LogP contribution in [0.25, 0.3) is 0 Å². The van der Waals surface area contributed by atoms with E-state index in [4.69, 9.17) is 0 Å². The van der Waals surface area contributed by atoms with Crippen molar-refractivity contribution in [1.82, 2.24) is 10.2 Å². The van der Waals surface area contributed by atoms with Crippen LogP contribution in [0.3, 0.4) is 0 Å². The lowest BCUT2D eigenvalue weighted by atomic mass is 10.1. The van der Waals surface area contributed by atoms with Crippen molar-refractivity contribution >= 4 is 11.8 Å². The highest BCUT2D eigenvalue weighted by Crippen LogP contribution is 2.22. The Kier molecular flexibility index (Phi) is 2.19. The van der Waals surface area contributed by atoms with Crippen LogP contribution in [0.15, 0.2) is 18.2 Å². The van der Waals surface area contributed by atoms with Gasteiger partial charge in [0, 0.05) is 31.8 Å². The summed E-state index contributed by atoms with van der Waals surface area (Å²) in [6, 6.07) is 5.16. The quantitative estimate of drug-likeness (QED) is 0.729. The van der Waals surface area contributed by atoms with Crippen molar-refractivity contribution in [2.24, 2.45) is 0 Å². The first-order valence-corrected chi connectivity index (χ1v) is 4.74. The van der Waals surface area contributed by atoms with Gasteiger partial charge in [0.05, 0.1) is 0 Å². The molecule has 0 unspecified atom stereocenters. The molecular weight excluding hydrogens is 192 g/mol. The SMILES string of the molecule is CNC(=O)c1ccc2c(c1)CN(C)C2=O. The maximum Gasteiger partial charge on any atom is 0.254 e. The number of amides is 2. The molecule has 1 aliphatic rings. The molecule has 0 bridgehead atoms. The number of hydrogen-bond donors (Lipinski definition) is 1. The van der Waals surface area contributed by atoms with E-state index in [2.05, 4.69) is 5.32 Å². The molecule has 0 saturated heterocycles. The molecule has 1 heterocycles. The second-order valence-corrected chi connectivity index (χ2v) is 3.61. The zero-order valence-electron chi connectivity index (χ0n) is 8.70. The van der Waals surface area contributed by atoms with E-state index in [0.29, 0.717) is 17.7 Å². The number of nitrogens with one attached hydrogen (secondary N) is 1. The maximum atomic E-state index is 11.6. The highest BCUT2D eigenvalue weighted by Gasteiger charge is 2.24. The van der Waals surface area contributed by atoms with Gasteiger partial charge < -0.3 is 10.2 Å². The Labute approximate surface area is 87.9 Å². The molecule has 2 rings (SSSR count). The lowest BCUT2D eigenvalue weighted by Gasteiger charge is -2.04. The van der Waals surface area contributed by atoms with Crippen molar-refractivity contribution in [2.45, 2.75) is 6.54 Å². The Balaban J connectivity index is 2.42. The molecule has 1 N–H and O–H groups in total. The summed E-state index contributed by atoms with van der Waals surface area (Å²) < 4.78 is 0. The van der Waals surface area contributed by atoms with E-state index >= 15 is 0 Å². The van der Waals surface area contributed by atoms with E-state index in [9.17, 15) is 9.59 Å². The number of carbonyl (C=O) groups is 2. The van der Waals surface area contributed by atoms with Gasteiger partial charge in [0.15, 0.2) is 0 Å². The molecule has 2 amide bonds. The van der Waals surface area contributed by atoms with Gasteiger partial charge in [0.25, 0.3) is 11.8 Å². The highest BCUT2D eigenvalue weighted by atomic mass is 16.2. The summed E-state index contributed by atoms with van der Waals surface area (Å²) in [4.78, 5) is 24.6. The fourth-order valence-electron chi connectivity index (χ4n) is 1.75. The van der Waals surface area contributed by atoms with Crippen LogP contribution in [0.4, 0.5) is 0 Å². The van der Waals surface area contributed by atoms with Crippen LogP contribution in [-0.2, 0) is 6.54 Å². The van der Waals surface area contributed by atoms with Crippen molar-refractivity contribution in [3.8, 4) is 0 Å². The third-order valence-electron chi connectivity index (χ3n) is 2.58. The van der Waals surface area contributed by atoms with Gasteiger partial charge in [0.1, 0.15) is 0 Å². The molecule has 0 aromatic heterocycles. The van der Waals surface area contributed by atoms with Crippen LogP contribution in [0, 0.1) is 0 Å². The summed E-state index contributed by atoms with van der Waals surface area (Å²) in [5.41, 5.74) is 2.22. The van der Waals surface area contributed by atoms with Crippen molar-refractivity contribution in [3.05, 3.63) is 34.9 Å². The zero-order valence-corrected chi connectivity index (χ0v) is 8.70. The first-order valence-electron chi connectivity index (χ1n) is 4.74. The number of carbonyl (C=O) groups excluding carboxylic acids is 2. The Morgan fingerprint density at radius 3 is 2.87 bits per heavy atom. The average molecular weight is 204 g/mol. The van der Waals surface area contributed by atoms with Crippen LogP contribution in [0.1, 0.15) is 26.3 Å². The van der Waals surface area contributed by atoms with Crippen LogP contribution in [0.5, 0.6) is 0 Å². The third-order valence-corrected chi connectivity index (χ3v) is 2.58. The molecule has 0 fully saturated rings. The molecule has 0 spiro atoms. The number of nitrogens with zero attached hydrogens (tertiary/aromatic N) is 1. The van der Waals surface area contributed by atoms with Gasteiger partial charge in [-0.05, 0) is 23.8 Å².